The summed E-state index contributed by atoms with van der Waals surface area (Å²) in [6, 6.07) is 20.1. The smallest absolute Gasteiger partial charge is 0.296 e. The Labute approximate surface area is 189 Å². The number of aliphatic hydroxyl groups excluding tert-OH is 1. The molecule has 0 saturated carbocycles. The first-order valence-corrected chi connectivity index (χ1v) is 10.7. The molecule has 1 saturated heterocycles. The maximum Gasteiger partial charge on any atom is 0.296 e. The first-order chi connectivity index (χ1) is 15.5. The van der Waals surface area contributed by atoms with Crippen molar-refractivity contribution < 1.29 is 19.7 Å². The van der Waals surface area contributed by atoms with Gasteiger partial charge in [0, 0.05) is 5.56 Å². The molecule has 5 rings (SSSR count). The van der Waals surface area contributed by atoms with E-state index in [9.17, 15) is 10.2 Å². The van der Waals surface area contributed by atoms with Gasteiger partial charge in [-0.25, -0.2) is 4.98 Å². The van der Waals surface area contributed by atoms with Gasteiger partial charge in [0.2, 0.25) is 0 Å². The minimum atomic E-state index is -1.34. The quantitative estimate of drug-likeness (QED) is 0.426. The van der Waals surface area contributed by atoms with Crippen LogP contribution in [0.2, 0.25) is 5.02 Å². The highest BCUT2D eigenvalue weighted by Crippen LogP contribution is 2.33. The molecule has 4 aromatic rings. The van der Waals surface area contributed by atoms with Crippen molar-refractivity contribution in [1.29, 1.82) is 0 Å². The summed E-state index contributed by atoms with van der Waals surface area (Å²) in [5.74, 6) is 0. The first-order valence-electron chi connectivity index (χ1n) is 10.3. The molecule has 7 nitrogen and oxygen atoms in total. The van der Waals surface area contributed by atoms with E-state index in [2.05, 4.69) is 27.1 Å². The molecule has 32 heavy (non-hydrogen) atoms. The zero-order valence-corrected chi connectivity index (χ0v) is 18.1. The molecule has 0 amide bonds. The van der Waals surface area contributed by atoms with E-state index < -0.39 is 17.8 Å². The lowest BCUT2D eigenvalue weighted by atomic mass is 9.96. The summed E-state index contributed by atoms with van der Waals surface area (Å²) < 4.78 is 11.2. The van der Waals surface area contributed by atoms with E-state index >= 15 is 0 Å². The molecule has 1 aliphatic heterocycles. The van der Waals surface area contributed by atoms with Crippen molar-refractivity contribution in [2.75, 3.05) is 13.2 Å². The second-order valence-corrected chi connectivity index (χ2v) is 8.42. The van der Waals surface area contributed by atoms with Gasteiger partial charge in [0.1, 0.15) is 11.7 Å². The van der Waals surface area contributed by atoms with Gasteiger partial charge in [-0.1, -0.05) is 66.2 Å². The Morgan fingerprint density at radius 3 is 2.47 bits per heavy atom. The van der Waals surface area contributed by atoms with Crippen LogP contribution in [0.5, 0.6) is 6.01 Å². The Balaban J connectivity index is 1.42. The Morgan fingerprint density at radius 2 is 1.78 bits per heavy atom. The van der Waals surface area contributed by atoms with E-state index in [-0.39, 0.29) is 19.2 Å². The Bertz CT molecular complexity index is 1240. The standard InChI is InChI=1S/C24H22ClN3O4/c1-24(30)19(12-29)31-13-20(24)32-23-26-18-11-17(25)21(27-22(18)28-23)16-9-7-15(8-10-16)14-5-3-2-4-6-14/h2-11,19-20,29-30H,12-13H2,1H3,(H,26,27,28)/t19-,20-,24+/m1/s1. The Hall–Kier alpha value is -2.97. The molecule has 0 radical (unpaired) electrons. The fourth-order valence-electron chi connectivity index (χ4n) is 3.88. The molecule has 0 spiro atoms. The van der Waals surface area contributed by atoms with E-state index in [1.165, 1.54) is 0 Å². The van der Waals surface area contributed by atoms with E-state index in [1.54, 1.807) is 13.0 Å². The second-order valence-electron chi connectivity index (χ2n) is 8.01. The third-order valence-corrected chi connectivity index (χ3v) is 6.13. The number of ether oxygens (including phenoxy) is 2. The molecule has 0 aliphatic carbocycles. The number of hydrogen-bond acceptors (Lipinski definition) is 6. The van der Waals surface area contributed by atoms with Crippen molar-refractivity contribution in [3.05, 3.63) is 65.7 Å². The van der Waals surface area contributed by atoms with E-state index in [0.29, 0.717) is 21.9 Å². The number of halogens is 1. The number of rotatable bonds is 5. The van der Waals surface area contributed by atoms with Crippen molar-refractivity contribution in [3.8, 4) is 28.4 Å². The van der Waals surface area contributed by atoms with Gasteiger partial charge in [-0.05, 0) is 24.1 Å². The van der Waals surface area contributed by atoms with Gasteiger partial charge < -0.3 is 24.7 Å². The molecule has 1 aliphatic rings. The summed E-state index contributed by atoms with van der Waals surface area (Å²) >= 11 is 6.52. The van der Waals surface area contributed by atoms with Gasteiger partial charge in [-0.15, -0.1) is 0 Å². The van der Waals surface area contributed by atoms with Crippen molar-refractivity contribution in [3.63, 3.8) is 0 Å². The topological polar surface area (TPSA) is 100 Å². The first kappa shape index (κ1) is 20.9. The van der Waals surface area contributed by atoms with E-state index in [1.807, 2.05) is 42.5 Å². The number of aliphatic hydroxyl groups is 2. The molecule has 3 N–H and O–H groups in total. The predicted octanol–water partition coefficient (Wildman–Crippen LogP) is 3.83. The van der Waals surface area contributed by atoms with Crippen LogP contribution in [0.4, 0.5) is 0 Å². The number of nitrogens with one attached hydrogen (secondary N) is 1. The highest BCUT2D eigenvalue weighted by Gasteiger charge is 2.48. The van der Waals surface area contributed by atoms with Crippen LogP contribution in [0.1, 0.15) is 6.92 Å². The van der Waals surface area contributed by atoms with Gasteiger partial charge in [0.25, 0.3) is 6.01 Å². The Kier molecular flexibility index (Phi) is 5.35. The summed E-state index contributed by atoms with van der Waals surface area (Å²) in [5.41, 5.74) is 3.46. The number of H-pyrrole nitrogens is 1. The second kappa shape index (κ2) is 8.18. The van der Waals surface area contributed by atoms with Crippen LogP contribution in [0, 0.1) is 0 Å². The largest absolute Gasteiger partial charge is 0.456 e. The highest BCUT2D eigenvalue weighted by molar-refractivity contribution is 6.33. The molecule has 0 bridgehead atoms. The maximum atomic E-state index is 10.6. The number of hydrogen-bond donors (Lipinski definition) is 3. The zero-order chi connectivity index (χ0) is 22.3. The monoisotopic (exact) mass is 451 g/mol. The van der Waals surface area contributed by atoms with Gasteiger partial charge in [0.15, 0.2) is 11.8 Å². The summed E-state index contributed by atoms with van der Waals surface area (Å²) in [6.07, 6.45) is -1.39. The number of benzene rings is 2. The minimum absolute atomic E-state index is 0.141. The third kappa shape index (κ3) is 3.73. The average Bonchev–Trinajstić information content (AvgIpc) is 3.32. The number of imidazole rings is 1. The lowest BCUT2D eigenvalue weighted by molar-refractivity contribution is -0.0746. The fraction of sp³-hybridized carbons (Fsp3) is 0.250. The van der Waals surface area contributed by atoms with Crippen molar-refractivity contribution >= 4 is 22.8 Å². The molecule has 1 fully saturated rings. The van der Waals surface area contributed by atoms with Crippen LogP contribution >= 0.6 is 11.6 Å². The lowest BCUT2D eigenvalue weighted by Gasteiger charge is -2.27. The summed E-state index contributed by atoms with van der Waals surface area (Å²) in [6.45, 7) is 1.42. The lowest BCUT2D eigenvalue weighted by Crippen LogP contribution is -2.48. The molecule has 0 unspecified atom stereocenters. The van der Waals surface area contributed by atoms with Gasteiger partial charge in [-0.3, -0.25) is 0 Å². The van der Waals surface area contributed by atoms with Crippen LogP contribution in [-0.2, 0) is 4.74 Å². The van der Waals surface area contributed by atoms with Crippen LogP contribution in [0.25, 0.3) is 33.5 Å². The fourth-order valence-corrected chi connectivity index (χ4v) is 4.14. The number of pyridine rings is 1. The summed E-state index contributed by atoms with van der Waals surface area (Å²) in [7, 11) is 0. The molecule has 2 aromatic carbocycles. The summed E-state index contributed by atoms with van der Waals surface area (Å²) in [4.78, 5) is 12.1. The van der Waals surface area contributed by atoms with E-state index in [4.69, 9.17) is 21.1 Å². The zero-order valence-electron chi connectivity index (χ0n) is 17.3. The molecular formula is C24H22ClN3O4. The van der Waals surface area contributed by atoms with Crippen LogP contribution in [0.15, 0.2) is 60.7 Å². The highest BCUT2D eigenvalue weighted by atomic mass is 35.5. The van der Waals surface area contributed by atoms with Gasteiger partial charge in [-0.2, -0.15) is 4.98 Å². The van der Waals surface area contributed by atoms with Crippen LogP contribution in [0.3, 0.4) is 0 Å². The normalized spacial score (nSPS) is 23.0. The van der Waals surface area contributed by atoms with Gasteiger partial charge >= 0.3 is 0 Å². The van der Waals surface area contributed by atoms with Crippen molar-refractivity contribution in [2.45, 2.75) is 24.7 Å². The van der Waals surface area contributed by atoms with Crippen LogP contribution in [-0.4, -0.2) is 56.2 Å². The minimum Gasteiger partial charge on any atom is -0.456 e. The number of fused-ring (bicyclic) bond motifs is 1. The molecule has 8 heteroatoms. The number of aromatic amines is 1. The van der Waals surface area contributed by atoms with Gasteiger partial charge in [0.05, 0.1) is 29.4 Å². The predicted molar refractivity (Wildman–Crippen MR) is 122 cm³/mol. The van der Waals surface area contributed by atoms with E-state index in [0.717, 1.165) is 16.7 Å². The average molecular weight is 452 g/mol. The number of nitrogens with zero attached hydrogens (tertiary/aromatic N) is 2. The third-order valence-electron chi connectivity index (χ3n) is 5.84. The van der Waals surface area contributed by atoms with Crippen molar-refractivity contribution in [1.82, 2.24) is 15.0 Å². The van der Waals surface area contributed by atoms with Crippen LogP contribution < -0.4 is 4.74 Å². The molecule has 164 valence electrons. The molecular weight excluding hydrogens is 430 g/mol. The molecule has 3 heterocycles. The maximum absolute atomic E-state index is 10.6. The summed E-state index contributed by atoms with van der Waals surface area (Å²) in [5, 5.41) is 20.4. The number of aromatic nitrogens is 3. The SMILES string of the molecule is C[C@]1(O)[C@@H](CO)OC[C@H]1Oc1nc2nc(-c3ccc(-c4ccccc4)cc3)c(Cl)cc2[nH]1. The molecule has 3 atom stereocenters. The van der Waals surface area contributed by atoms with Crippen molar-refractivity contribution in [2.24, 2.45) is 0 Å². The Morgan fingerprint density at radius 1 is 1.09 bits per heavy atom. The molecule has 2 aromatic heterocycles.